The Morgan fingerprint density at radius 1 is 1.00 bits per heavy atom. The Morgan fingerprint density at radius 3 is 2.27 bits per heavy atom. The number of ether oxygens (including phenoxy) is 1. The van der Waals surface area contributed by atoms with Crippen LogP contribution in [0.4, 0.5) is 0 Å². The summed E-state index contributed by atoms with van der Waals surface area (Å²) in [5.41, 5.74) is -0.607. The lowest BCUT2D eigenvalue weighted by atomic mass is 9.87. The van der Waals surface area contributed by atoms with Crippen LogP contribution in [0.5, 0.6) is 0 Å². The molecule has 22 nitrogen and oxygen atoms in total. The van der Waals surface area contributed by atoms with Gasteiger partial charge in [-0.15, -0.1) is 0 Å². The van der Waals surface area contributed by atoms with Crippen LogP contribution in [0.25, 0.3) is 11.2 Å². The van der Waals surface area contributed by atoms with Crippen LogP contribution in [0.3, 0.4) is 0 Å². The first-order valence-electron chi connectivity index (χ1n) is 15.4. The van der Waals surface area contributed by atoms with Crippen molar-refractivity contribution in [2.24, 2.45) is 10.8 Å². The van der Waals surface area contributed by atoms with Crippen molar-refractivity contribution in [1.82, 2.24) is 30.2 Å². The fourth-order valence-electron chi connectivity index (χ4n) is 4.62. The molecule has 0 spiro atoms. The van der Waals surface area contributed by atoms with E-state index in [2.05, 4.69) is 34.4 Å². The monoisotopic (exact) mass is 790 g/mol. The molecular formula is C26H45N6O16P3. The molecule has 8 N–H and O–H groups in total. The number of aromatic nitrogens is 4. The van der Waals surface area contributed by atoms with Gasteiger partial charge in [0.25, 0.3) is 0 Å². The highest BCUT2D eigenvalue weighted by molar-refractivity contribution is 7.61. The maximum atomic E-state index is 12.6. The van der Waals surface area contributed by atoms with Crippen molar-refractivity contribution in [3.05, 3.63) is 18.3 Å². The summed E-state index contributed by atoms with van der Waals surface area (Å²) in [5.74, 6) is -1.24. The van der Waals surface area contributed by atoms with Gasteiger partial charge in [-0.05, 0) is 18.8 Å². The number of imidazole rings is 1. The predicted molar refractivity (Wildman–Crippen MR) is 174 cm³/mol. The number of aliphatic hydroxyl groups excluding tert-OH is 2. The first-order valence-corrected chi connectivity index (χ1v) is 19.9. The molecule has 0 aliphatic carbocycles. The molecule has 51 heavy (non-hydrogen) atoms. The first-order chi connectivity index (χ1) is 23.3. The highest BCUT2D eigenvalue weighted by Gasteiger charge is 2.50. The number of hydrogen-bond donors (Lipinski definition) is 8. The van der Waals surface area contributed by atoms with Crippen molar-refractivity contribution in [2.75, 3.05) is 26.3 Å². The SMILES string of the molecule is Cc1ncnc2c1ncn2C1OC(COP(=O)(O)OP(=O)(O)OCC(C)(C)C(O)C(=O)NCCC(=O)NCCC(C)(C)C)C(OP(=O)(O)O)C1O. The van der Waals surface area contributed by atoms with Gasteiger partial charge in [0.05, 0.1) is 25.2 Å². The third-order valence-corrected chi connectivity index (χ3v) is 10.5. The summed E-state index contributed by atoms with van der Waals surface area (Å²) >= 11 is 0. The summed E-state index contributed by atoms with van der Waals surface area (Å²) in [6, 6.07) is 0. The number of aryl methyl sites for hydroxylation is 1. The topological polar surface area (TPSA) is 321 Å². The molecule has 7 atom stereocenters. The van der Waals surface area contributed by atoms with Crippen molar-refractivity contribution < 1.29 is 75.7 Å². The zero-order valence-electron chi connectivity index (χ0n) is 28.7. The average molecular weight is 791 g/mol. The lowest BCUT2D eigenvalue weighted by molar-refractivity contribution is -0.137. The molecule has 0 aromatic carbocycles. The number of amides is 2. The van der Waals surface area contributed by atoms with Crippen molar-refractivity contribution in [3.8, 4) is 0 Å². The van der Waals surface area contributed by atoms with E-state index in [1.54, 1.807) is 6.92 Å². The summed E-state index contributed by atoms with van der Waals surface area (Å²) < 4.78 is 62.2. The van der Waals surface area contributed by atoms with Crippen LogP contribution in [-0.2, 0) is 45.9 Å². The molecular weight excluding hydrogens is 745 g/mol. The molecule has 25 heteroatoms. The molecule has 1 aliphatic rings. The highest BCUT2D eigenvalue weighted by Crippen LogP contribution is 2.61. The second-order valence-electron chi connectivity index (χ2n) is 13.6. The number of carbonyl (C=O) groups is 2. The van der Waals surface area contributed by atoms with Crippen LogP contribution in [0.2, 0.25) is 0 Å². The van der Waals surface area contributed by atoms with Crippen LogP contribution in [-0.4, -0.2) is 112 Å². The molecule has 1 saturated heterocycles. The molecule has 2 aromatic rings. The van der Waals surface area contributed by atoms with E-state index in [4.69, 9.17) is 13.8 Å². The fourth-order valence-corrected chi connectivity index (χ4v) is 7.44. The molecule has 1 aliphatic heterocycles. The Hall–Kier alpha value is -2.26. The Kier molecular flexibility index (Phi) is 14.2. The van der Waals surface area contributed by atoms with E-state index in [9.17, 15) is 53.1 Å². The van der Waals surface area contributed by atoms with Crippen LogP contribution in [0, 0.1) is 17.8 Å². The third kappa shape index (κ3) is 13.0. The molecule has 1 fully saturated rings. The molecule has 0 radical (unpaired) electrons. The zero-order valence-corrected chi connectivity index (χ0v) is 31.4. The Bertz CT molecular complexity index is 1680. The van der Waals surface area contributed by atoms with E-state index >= 15 is 0 Å². The van der Waals surface area contributed by atoms with Gasteiger partial charge < -0.3 is 45.2 Å². The predicted octanol–water partition coefficient (Wildman–Crippen LogP) is 0.567. The van der Waals surface area contributed by atoms with Gasteiger partial charge in [-0.25, -0.2) is 28.6 Å². The zero-order chi connectivity index (χ0) is 38.6. The van der Waals surface area contributed by atoms with E-state index < -0.39 is 78.6 Å². The highest BCUT2D eigenvalue weighted by atomic mass is 31.3. The number of phosphoric ester groups is 3. The standard InChI is InChI=1S/C26H45N6O16P3/c1-15-18-22(30-13-29-15)32(14-31-18)24-19(34)20(47-49(37,38)39)16(46-24)11-44-50(40,41)48-51(42,43)45-12-26(5,6)21(35)23(36)28-9-7-17(33)27-10-8-25(2,3)4/h13-14,16,19-21,24,34-35H,7-12H2,1-6H3,(H,27,33)(H,28,36)(H,40,41)(H,42,43)(H2,37,38,39). The average Bonchev–Trinajstić information content (AvgIpc) is 3.54. The minimum absolute atomic E-state index is 0.0200. The van der Waals surface area contributed by atoms with Crippen molar-refractivity contribution in [3.63, 3.8) is 0 Å². The lowest BCUT2D eigenvalue weighted by Gasteiger charge is -2.30. The van der Waals surface area contributed by atoms with Gasteiger partial charge >= 0.3 is 23.5 Å². The van der Waals surface area contributed by atoms with Gasteiger partial charge in [0, 0.05) is 24.9 Å². The Morgan fingerprint density at radius 2 is 1.65 bits per heavy atom. The smallest absolute Gasteiger partial charge is 0.386 e. The summed E-state index contributed by atoms with van der Waals surface area (Å²) in [6.07, 6.45) is -5.59. The van der Waals surface area contributed by atoms with Gasteiger partial charge in [-0.3, -0.25) is 27.7 Å². The maximum absolute atomic E-state index is 12.6. The van der Waals surface area contributed by atoms with Gasteiger partial charge in [0.2, 0.25) is 11.8 Å². The van der Waals surface area contributed by atoms with E-state index in [0.29, 0.717) is 17.8 Å². The van der Waals surface area contributed by atoms with Gasteiger partial charge in [-0.2, -0.15) is 4.31 Å². The van der Waals surface area contributed by atoms with E-state index in [-0.39, 0.29) is 29.9 Å². The summed E-state index contributed by atoms with van der Waals surface area (Å²) in [6.45, 7) is 8.65. The van der Waals surface area contributed by atoms with E-state index in [1.165, 1.54) is 31.1 Å². The van der Waals surface area contributed by atoms with Gasteiger partial charge in [-0.1, -0.05) is 34.6 Å². The first kappa shape index (κ1) is 43.1. The minimum Gasteiger partial charge on any atom is -0.386 e. The Labute approximate surface area is 292 Å². The number of aliphatic hydroxyl groups is 2. The number of hydrogen-bond acceptors (Lipinski definition) is 15. The van der Waals surface area contributed by atoms with Crippen molar-refractivity contribution in [1.29, 1.82) is 0 Å². The quantitative estimate of drug-likeness (QED) is 0.0957. The van der Waals surface area contributed by atoms with Crippen LogP contribution in [0.15, 0.2) is 12.7 Å². The number of rotatable bonds is 18. The number of nitrogens with zero attached hydrogens (tertiary/aromatic N) is 4. The molecule has 0 bridgehead atoms. The van der Waals surface area contributed by atoms with E-state index in [0.717, 1.165) is 6.42 Å². The molecule has 2 aromatic heterocycles. The number of fused-ring (bicyclic) bond motifs is 1. The largest absolute Gasteiger partial charge is 0.481 e. The second kappa shape index (κ2) is 16.8. The summed E-state index contributed by atoms with van der Waals surface area (Å²) in [4.78, 5) is 75.8. The molecule has 3 heterocycles. The van der Waals surface area contributed by atoms with Crippen LogP contribution in [0.1, 0.15) is 59.4 Å². The molecule has 2 amide bonds. The fraction of sp³-hybridized carbons (Fsp3) is 0.731. The normalized spacial score (nSPS) is 23.1. The van der Waals surface area contributed by atoms with Gasteiger partial charge in [0.1, 0.15) is 36.3 Å². The second-order valence-corrected chi connectivity index (χ2v) is 17.8. The van der Waals surface area contributed by atoms with Crippen molar-refractivity contribution >= 4 is 46.4 Å². The minimum atomic E-state index is -5.53. The Balaban J connectivity index is 1.56. The maximum Gasteiger partial charge on any atom is 0.481 e. The number of carbonyl (C=O) groups excluding carboxylic acids is 2. The third-order valence-electron chi connectivity index (χ3n) is 7.43. The number of phosphoric acid groups is 3. The summed E-state index contributed by atoms with van der Waals surface area (Å²) in [7, 11) is -16.3. The molecule has 3 rings (SSSR count). The molecule has 0 saturated carbocycles. The number of nitrogens with one attached hydrogen (secondary N) is 2. The van der Waals surface area contributed by atoms with E-state index in [1.807, 2.05) is 20.8 Å². The summed E-state index contributed by atoms with van der Waals surface area (Å²) in [5, 5.41) is 26.5. The van der Waals surface area contributed by atoms with Crippen LogP contribution < -0.4 is 10.6 Å². The molecule has 290 valence electrons. The van der Waals surface area contributed by atoms with Crippen molar-refractivity contribution in [2.45, 2.75) is 85.0 Å². The molecule has 7 unspecified atom stereocenters. The van der Waals surface area contributed by atoms with Crippen LogP contribution >= 0.6 is 23.5 Å². The van der Waals surface area contributed by atoms with Gasteiger partial charge in [0.15, 0.2) is 11.9 Å². The lowest BCUT2D eigenvalue weighted by Crippen LogP contribution is -2.46.